The maximum atomic E-state index is 5.18. The molecule has 8 aromatic carbocycles. The molecule has 0 fully saturated rings. The number of aromatic nitrogens is 4. The van der Waals surface area contributed by atoms with Gasteiger partial charge < -0.3 is 0 Å². The molecule has 0 aliphatic carbocycles. The molecule has 4 nitrogen and oxygen atoms in total. The Balaban J connectivity index is 0.966. The highest BCUT2D eigenvalue weighted by molar-refractivity contribution is 5.76. The number of hydrogen-bond acceptors (Lipinski definition) is 4. The number of nitrogens with zero attached hydrogens (tertiary/aromatic N) is 4. The van der Waals surface area contributed by atoms with Crippen molar-refractivity contribution in [2.45, 2.75) is 32.1 Å². The third-order valence-electron chi connectivity index (χ3n) is 12.8. The molecule has 0 N–H and O–H groups in total. The van der Waals surface area contributed by atoms with Gasteiger partial charge in [-0.15, -0.1) is 0 Å². The fraction of sp³-hybridized carbons (Fsp3) is 0.0820. The number of hydrogen-bond donors (Lipinski definition) is 0. The summed E-state index contributed by atoms with van der Waals surface area (Å²) in [6.45, 7) is 4.59. The van der Waals surface area contributed by atoms with E-state index < -0.39 is 0 Å². The molecule has 10 rings (SSSR count). The molecule has 10 aromatic rings. The van der Waals surface area contributed by atoms with E-state index in [1.54, 1.807) is 0 Å². The van der Waals surface area contributed by atoms with Gasteiger partial charge in [0.25, 0.3) is 0 Å². The van der Waals surface area contributed by atoms with Gasteiger partial charge in [0.1, 0.15) is 0 Å². The summed E-state index contributed by atoms with van der Waals surface area (Å²) in [6.07, 6.45) is 1.90. The van der Waals surface area contributed by atoms with Crippen LogP contribution in [0.5, 0.6) is 0 Å². The summed E-state index contributed by atoms with van der Waals surface area (Å²) >= 11 is 0. The highest BCUT2D eigenvalue weighted by Crippen LogP contribution is 2.41. The van der Waals surface area contributed by atoms with E-state index >= 15 is 0 Å². The summed E-state index contributed by atoms with van der Waals surface area (Å²) in [4.78, 5) is 20.5. The van der Waals surface area contributed by atoms with Crippen molar-refractivity contribution in [3.05, 3.63) is 242 Å². The van der Waals surface area contributed by atoms with Gasteiger partial charge in [0, 0.05) is 38.8 Å². The van der Waals surface area contributed by atoms with Gasteiger partial charge in [0.15, 0.2) is 11.6 Å². The third-order valence-corrected chi connectivity index (χ3v) is 12.8. The van der Waals surface area contributed by atoms with Crippen molar-refractivity contribution in [3.8, 4) is 90.1 Å². The molecule has 0 saturated heterocycles. The second kappa shape index (κ2) is 18.3. The molecule has 312 valence electrons. The zero-order valence-corrected chi connectivity index (χ0v) is 36.6. The second-order valence-corrected chi connectivity index (χ2v) is 16.5. The Morgan fingerprint density at radius 2 is 0.492 bits per heavy atom. The molecule has 0 spiro atoms. The van der Waals surface area contributed by atoms with Gasteiger partial charge in [0.05, 0.1) is 22.8 Å². The first-order chi connectivity index (χ1) is 32.1. The largest absolute Gasteiger partial charge is 0.228 e. The predicted octanol–water partition coefficient (Wildman–Crippen LogP) is 15.7. The van der Waals surface area contributed by atoms with Crippen molar-refractivity contribution < 1.29 is 0 Å². The SMILES string of the molecule is CCC(CC)(c1ccc(-c2cc(-c3ccccc3)nc(-c3ccc(-c4ccccc4)cc3)n2)cc1)c1ccc(-c2cc(-c3ccccc3)nc(-c3ccc(-c4ccccc4)cc3)n2)cc1. The summed E-state index contributed by atoms with van der Waals surface area (Å²) in [5, 5.41) is 0. The van der Waals surface area contributed by atoms with E-state index in [4.69, 9.17) is 19.9 Å². The molecular formula is C61H48N4. The lowest BCUT2D eigenvalue weighted by atomic mass is 9.70. The summed E-state index contributed by atoms with van der Waals surface area (Å²) in [5.41, 5.74) is 16.8. The standard InChI is InChI=1S/C61H48N4/c1-3-61(4-2,53-37-33-49(34-38-53)57-41-55(47-21-13-7-14-22-47)62-59(64-57)51-29-25-45(26-30-51)43-17-9-5-10-18-43)54-39-35-50(36-40-54)58-42-56(48-23-15-8-16-24-48)63-60(65-58)52-31-27-46(28-32-52)44-19-11-6-12-20-44/h5-42H,3-4H2,1-2H3. The normalized spacial score (nSPS) is 11.4. The molecule has 4 heteroatoms. The molecule has 0 bridgehead atoms. The van der Waals surface area contributed by atoms with Gasteiger partial charge in [-0.05, 0) is 58.4 Å². The lowest BCUT2D eigenvalue weighted by Gasteiger charge is -2.33. The Hall–Kier alpha value is -8.08. The molecular weight excluding hydrogens is 789 g/mol. The van der Waals surface area contributed by atoms with E-state index in [-0.39, 0.29) is 5.41 Å². The Labute approximate surface area is 382 Å². The first-order valence-corrected chi connectivity index (χ1v) is 22.5. The van der Waals surface area contributed by atoms with E-state index in [1.165, 1.54) is 22.3 Å². The topological polar surface area (TPSA) is 51.6 Å². The monoisotopic (exact) mass is 836 g/mol. The van der Waals surface area contributed by atoms with Crippen LogP contribution in [0.3, 0.4) is 0 Å². The highest BCUT2D eigenvalue weighted by Gasteiger charge is 2.31. The Bertz CT molecular complexity index is 2930. The quantitative estimate of drug-likeness (QED) is 0.123. The minimum Gasteiger partial charge on any atom is -0.228 e. The first-order valence-electron chi connectivity index (χ1n) is 22.5. The summed E-state index contributed by atoms with van der Waals surface area (Å²) in [6, 6.07) is 81.0. The van der Waals surface area contributed by atoms with Crippen LogP contribution in [0.4, 0.5) is 0 Å². The van der Waals surface area contributed by atoms with Gasteiger partial charge in [0.2, 0.25) is 0 Å². The zero-order chi connectivity index (χ0) is 44.0. The van der Waals surface area contributed by atoms with Crippen molar-refractivity contribution in [1.29, 1.82) is 0 Å². The van der Waals surface area contributed by atoms with Crippen LogP contribution in [0.1, 0.15) is 37.8 Å². The first kappa shape index (κ1) is 41.0. The molecule has 0 aliphatic rings. The van der Waals surface area contributed by atoms with Gasteiger partial charge in [-0.1, -0.05) is 232 Å². The van der Waals surface area contributed by atoms with E-state index in [2.05, 4.69) is 220 Å². The lowest BCUT2D eigenvalue weighted by Crippen LogP contribution is -2.26. The molecule has 0 saturated carbocycles. The molecule has 2 aromatic heterocycles. The van der Waals surface area contributed by atoms with E-state index in [0.717, 1.165) is 80.1 Å². The van der Waals surface area contributed by atoms with Crippen LogP contribution < -0.4 is 0 Å². The van der Waals surface area contributed by atoms with Gasteiger partial charge in [-0.3, -0.25) is 0 Å². The summed E-state index contributed by atoms with van der Waals surface area (Å²) in [7, 11) is 0. The predicted molar refractivity (Wildman–Crippen MR) is 269 cm³/mol. The molecule has 2 heterocycles. The summed E-state index contributed by atoms with van der Waals surface area (Å²) in [5.74, 6) is 1.41. The van der Waals surface area contributed by atoms with Crippen molar-refractivity contribution >= 4 is 0 Å². The Morgan fingerprint density at radius 1 is 0.262 bits per heavy atom. The summed E-state index contributed by atoms with van der Waals surface area (Å²) < 4.78 is 0. The number of rotatable bonds is 12. The molecule has 0 atom stereocenters. The smallest absolute Gasteiger partial charge is 0.160 e. The van der Waals surface area contributed by atoms with Crippen LogP contribution in [0.25, 0.3) is 90.1 Å². The van der Waals surface area contributed by atoms with E-state index in [1.807, 2.05) is 24.3 Å². The van der Waals surface area contributed by atoms with E-state index in [9.17, 15) is 0 Å². The van der Waals surface area contributed by atoms with Crippen LogP contribution >= 0.6 is 0 Å². The van der Waals surface area contributed by atoms with Gasteiger partial charge in [-0.2, -0.15) is 0 Å². The highest BCUT2D eigenvalue weighted by atomic mass is 14.9. The van der Waals surface area contributed by atoms with Crippen molar-refractivity contribution in [2.24, 2.45) is 0 Å². The van der Waals surface area contributed by atoms with Crippen LogP contribution in [0.2, 0.25) is 0 Å². The van der Waals surface area contributed by atoms with Gasteiger partial charge in [-0.25, -0.2) is 19.9 Å². The minimum absolute atomic E-state index is 0.184. The van der Waals surface area contributed by atoms with Crippen molar-refractivity contribution in [2.75, 3.05) is 0 Å². The Morgan fingerprint density at radius 3 is 0.785 bits per heavy atom. The maximum Gasteiger partial charge on any atom is 0.160 e. The molecule has 0 radical (unpaired) electrons. The van der Waals surface area contributed by atoms with Crippen molar-refractivity contribution in [3.63, 3.8) is 0 Å². The fourth-order valence-electron chi connectivity index (χ4n) is 9.00. The fourth-order valence-corrected chi connectivity index (χ4v) is 9.00. The molecule has 0 amide bonds. The average molecular weight is 837 g/mol. The van der Waals surface area contributed by atoms with Crippen LogP contribution in [-0.4, -0.2) is 19.9 Å². The zero-order valence-electron chi connectivity index (χ0n) is 36.6. The van der Waals surface area contributed by atoms with Crippen LogP contribution in [0, 0.1) is 0 Å². The molecule has 0 unspecified atom stereocenters. The van der Waals surface area contributed by atoms with Crippen molar-refractivity contribution in [1.82, 2.24) is 19.9 Å². The Kier molecular flexibility index (Phi) is 11.6. The van der Waals surface area contributed by atoms with Crippen LogP contribution in [-0.2, 0) is 5.41 Å². The number of benzene rings is 8. The minimum atomic E-state index is -0.184. The lowest BCUT2D eigenvalue weighted by molar-refractivity contribution is 0.478. The van der Waals surface area contributed by atoms with E-state index in [0.29, 0.717) is 11.6 Å². The second-order valence-electron chi connectivity index (χ2n) is 16.5. The molecule has 65 heavy (non-hydrogen) atoms. The average Bonchev–Trinajstić information content (AvgIpc) is 3.40. The van der Waals surface area contributed by atoms with Crippen LogP contribution in [0.15, 0.2) is 231 Å². The third kappa shape index (κ3) is 8.55. The maximum absolute atomic E-state index is 5.18. The molecule has 0 aliphatic heterocycles. The van der Waals surface area contributed by atoms with Gasteiger partial charge >= 0.3 is 0 Å².